The summed E-state index contributed by atoms with van der Waals surface area (Å²) in [5.41, 5.74) is 0.270. The number of esters is 1. The Labute approximate surface area is 166 Å². The van der Waals surface area contributed by atoms with Gasteiger partial charge < -0.3 is 24.8 Å². The zero-order chi connectivity index (χ0) is 20.5. The number of benzene rings is 1. The summed E-state index contributed by atoms with van der Waals surface area (Å²) in [6, 6.07) is 8.29. The van der Waals surface area contributed by atoms with Crippen LogP contribution in [-0.2, 0) is 14.3 Å². The van der Waals surface area contributed by atoms with Crippen molar-refractivity contribution in [2.45, 2.75) is 13.0 Å². The lowest BCUT2D eigenvalue weighted by atomic mass is 10.2. The van der Waals surface area contributed by atoms with Gasteiger partial charge in [0, 0.05) is 16.5 Å². The van der Waals surface area contributed by atoms with Crippen molar-refractivity contribution < 1.29 is 28.6 Å². The SMILES string of the molecule is COc1cc(OC)cc(C(=O)NCC(=O)OCC(=O)N[C@@H](C)c2cccs2)c1. The van der Waals surface area contributed by atoms with Gasteiger partial charge in [0.2, 0.25) is 0 Å². The number of carbonyl (C=O) groups is 3. The smallest absolute Gasteiger partial charge is 0.325 e. The van der Waals surface area contributed by atoms with E-state index >= 15 is 0 Å². The van der Waals surface area contributed by atoms with Gasteiger partial charge in [0.1, 0.15) is 18.0 Å². The van der Waals surface area contributed by atoms with Gasteiger partial charge in [-0.2, -0.15) is 0 Å². The molecule has 0 unspecified atom stereocenters. The molecule has 1 heterocycles. The molecule has 2 aromatic rings. The lowest BCUT2D eigenvalue weighted by molar-refractivity contribution is -0.147. The van der Waals surface area contributed by atoms with Crippen molar-refractivity contribution in [2.75, 3.05) is 27.4 Å². The third-order valence-corrected chi connectivity index (χ3v) is 4.77. The van der Waals surface area contributed by atoms with Gasteiger partial charge in [0.25, 0.3) is 11.8 Å². The molecule has 2 N–H and O–H groups in total. The Kier molecular flexibility index (Phi) is 7.82. The van der Waals surface area contributed by atoms with E-state index in [9.17, 15) is 14.4 Å². The van der Waals surface area contributed by atoms with Crippen LogP contribution < -0.4 is 20.1 Å². The van der Waals surface area contributed by atoms with E-state index in [1.54, 1.807) is 6.07 Å². The molecule has 1 aromatic heterocycles. The number of hydrogen-bond acceptors (Lipinski definition) is 7. The summed E-state index contributed by atoms with van der Waals surface area (Å²) < 4.78 is 15.1. The predicted octanol–water partition coefficient (Wildman–Crippen LogP) is 1.92. The quantitative estimate of drug-likeness (QED) is 0.617. The molecule has 0 saturated carbocycles. The van der Waals surface area contributed by atoms with Crippen molar-refractivity contribution in [3.8, 4) is 11.5 Å². The van der Waals surface area contributed by atoms with Crippen LogP contribution in [0.25, 0.3) is 0 Å². The molecule has 0 spiro atoms. The maximum atomic E-state index is 12.2. The molecular formula is C19H22N2O6S. The van der Waals surface area contributed by atoms with Crippen LogP contribution in [0.1, 0.15) is 28.2 Å². The van der Waals surface area contributed by atoms with Crippen LogP contribution in [0.5, 0.6) is 11.5 Å². The number of carbonyl (C=O) groups excluding carboxylic acids is 3. The van der Waals surface area contributed by atoms with Crippen LogP contribution in [0, 0.1) is 0 Å². The van der Waals surface area contributed by atoms with E-state index in [2.05, 4.69) is 10.6 Å². The van der Waals surface area contributed by atoms with E-state index in [4.69, 9.17) is 14.2 Å². The van der Waals surface area contributed by atoms with Gasteiger partial charge in [0.15, 0.2) is 6.61 Å². The second-order valence-electron chi connectivity index (χ2n) is 5.75. The Morgan fingerprint density at radius 3 is 2.36 bits per heavy atom. The summed E-state index contributed by atoms with van der Waals surface area (Å²) in [4.78, 5) is 36.8. The van der Waals surface area contributed by atoms with E-state index in [-0.39, 0.29) is 18.2 Å². The molecule has 0 saturated heterocycles. The highest BCUT2D eigenvalue weighted by molar-refractivity contribution is 7.10. The van der Waals surface area contributed by atoms with Gasteiger partial charge in [-0.3, -0.25) is 14.4 Å². The van der Waals surface area contributed by atoms with E-state index in [1.807, 2.05) is 24.4 Å². The number of rotatable bonds is 9. The Morgan fingerprint density at radius 1 is 1.11 bits per heavy atom. The molecule has 28 heavy (non-hydrogen) atoms. The minimum absolute atomic E-state index is 0.172. The van der Waals surface area contributed by atoms with E-state index < -0.39 is 24.4 Å². The van der Waals surface area contributed by atoms with Crippen molar-refractivity contribution in [3.63, 3.8) is 0 Å². The molecular weight excluding hydrogens is 384 g/mol. The topological polar surface area (TPSA) is 103 Å². The summed E-state index contributed by atoms with van der Waals surface area (Å²) in [6.07, 6.45) is 0. The van der Waals surface area contributed by atoms with Crippen molar-refractivity contribution >= 4 is 29.1 Å². The fraction of sp³-hybridized carbons (Fsp3) is 0.316. The number of thiophene rings is 1. The first kappa shape index (κ1) is 21.2. The van der Waals surface area contributed by atoms with Gasteiger partial charge in [-0.05, 0) is 30.5 Å². The third-order valence-electron chi connectivity index (χ3n) is 3.72. The molecule has 2 rings (SSSR count). The van der Waals surface area contributed by atoms with Crippen LogP contribution in [0.2, 0.25) is 0 Å². The van der Waals surface area contributed by atoms with Crippen molar-refractivity contribution in [2.24, 2.45) is 0 Å². The molecule has 2 amide bonds. The van der Waals surface area contributed by atoms with E-state index in [1.165, 1.54) is 37.7 Å². The van der Waals surface area contributed by atoms with Crippen molar-refractivity contribution in [3.05, 3.63) is 46.2 Å². The molecule has 0 aliphatic heterocycles. The zero-order valence-corrected chi connectivity index (χ0v) is 16.6. The van der Waals surface area contributed by atoms with Crippen molar-refractivity contribution in [1.29, 1.82) is 0 Å². The first-order valence-corrected chi connectivity index (χ1v) is 9.30. The van der Waals surface area contributed by atoms with E-state index in [0.29, 0.717) is 11.5 Å². The number of hydrogen-bond donors (Lipinski definition) is 2. The summed E-state index contributed by atoms with van der Waals surface area (Å²) in [6.45, 7) is 1.05. The molecule has 150 valence electrons. The summed E-state index contributed by atoms with van der Waals surface area (Å²) in [5.74, 6) is -0.739. The molecule has 0 fully saturated rings. The first-order valence-electron chi connectivity index (χ1n) is 8.42. The maximum absolute atomic E-state index is 12.2. The predicted molar refractivity (Wildman–Crippen MR) is 104 cm³/mol. The second-order valence-corrected chi connectivity index (χ2v) is 6.73. The lowest BCUT2D eigenvalue weighted by Gasteiger charge is -2.12. The van der Waals surface area contributed by atoms with Crippen LogP contribution in [0.4, 0.5) is 0 Å². The number of amides is 2. The Bertz CT molecular complexity index is 800. The van der Waals surface area contributed by atoms with Crippen LogP contribution in [0.3, 0.4) is 0 Å². The number of methoxy groups -OCH3 is 2. The standard InChI is InChI=1S/C19H22N2O6S/c1-12(16-5-4-6-28-16)21-17(22)11-27-18(23)10-20-19(24)13-7-14(25-2)9-15(8-13)26-3/h4-9,12H,10-11H2,1-3H3,(H,20,24)(H,21,22)/t12-/m0/s1. The molecule has 1 aromatic carbocycles. The van der Waals surface area contributed by atoms with Gasteiger partial charge in [-0.25, -0.2) is 0 Å². The minimum atomic E-state index is -0.720. The molecule has 0 aliphatic rings. The maximum Gasteiger partial charge on any atom is 0.325 e. The monoisotopic (exact) mass is 406 g/mol. The fourth-order valence-electron chi connectivity index (χ4n) is 2.28. The summed E-state index contributed by atoms with van der Waals surface area (Å²) in [7, 11) is 2.94. The normalized spacial score (nSPS) is 11.2. The fourth-order valence-corrected chi connectivity index (χ4v) is 3.02. The Balaban J connectivity index is 1.77. The molecule has 1 atom stereocenters. The highest BCUT2D eigenvalue weighted by Crippen LogP contribution is 2.22. The Hall–Kier alpha value is -3.07. The second kappa shape index (κ2) is 10.3. The largest absolute Gasteiger partial charge is 0.497 e. The molecule has 9 heteroatoms. The third kappa shape index (κ3) is 6.27. The highest BCUT2D eigenvalue weighted by atomic mass is 32.1. The first-order chi connectivity index (χ1) is 13.4. The number of ether oxygens (including phenoxy) is 3. The highest BCUT2D eigenvalue weighted by Gasteiger charge is 2.14. The average molecular weight is 406 g/mol. The van der Waals surface area contributed by atoms with Gasteiger partial charge in [-0.1, -0.05) is 6.07 Å². The number of nitrogens with one attached hydrogen (secondary N) is 2. The van der Waals surface area contributed by atoms with E-state index in [0.717, 1.165) is 4.88 Å². The summed E-state index contributed by atoms with van der Waals surface area (Å²) >= 11 is 1.52. The van der Waals surface area contributed by atoms with Crippen LogP contribution in [0.15, 0.2) is 35.7 Å². The molecule has 0 radical (unpaired) electrons. The van der Waals surface area contributed by atoms with Crippen molar-refractivity contribution in [1.82, 2.24) is 10.6 Å². The molecule has 0 bridgehead atoms. The zero-order valence-electron chi connectivity index (χ0n) is 15.8. The Morgan fingerprint density at radius 2 is 1.79 bits per heavy atom. The average Bonchev–Trinajstić information content (AvgIpc) is 3.25. The minimum Gasteiger partial charge on any atom is -0.497 e. The van der Waals surface area contributed by atoms with Gasteiger partial charge in [-0.15, -0.1) is 11.3 Å². The van der Waals surface area contributed by atoms with Crippen LogP contribution in [-0.4, -0.2) is 45.2 Å². The molecule has 0 aliphatic carbocycles. The molecule has 8 nitrogen and oxygen atoms in total. The van der Waals surface area contributed by atoms with Gasteiger partial charge in [0.05, 0.1) is 20.3 Å². The summed E-state index contributed by atoms with van der Waals surface area (Å²) in [5, 5.41) is 7.08. The van der Waals surface area contributed by atoms with Gasteiger partial charge >= 0.3 is 5.97 Å². The lowest BCUT2D eigenvalue weighted by Crippen LogP contribution is -2.34. The van der Waals surface area contributed by atoms with Crippen LogP contribution >= 0.6 is 11.3 Å².